The van der Waals surface area contributed by atoms with Crippen molar-refractivity contribution in [1.82, 2.24) is 4.72 Å². The second-order valence-electron chi connectivity index (χ2n) is 4.70. The van der Waals surface area contributed by atoms with Crippen molar-refractivity contribution in [3.63, 3.8) is 0 Å². The summed E-state index contributed by atoms with van der Waals surface area (Å²) in [6.45, 7) is 0.867. The van der Waals surface area contributed by atoms with Gasteiger partial charge in [-0.15, -0.1) is 0 Å². The second kappa shape index (κ2) is 10.2. The van der Waals surface area contributed by atoms with E-state index in [9.17, 15) is 13.2 Å². The molecule has 4 N–H and O–H groups in total. The van der Waals surface area contributed by atoms with E-state index in [4.69, 9.17) is 15.2 Å². The number of benzene rings is 1. The van der Waals surface area contributed by atoms with Gasteiger partial charge in [-0.3, -0.25) is 4.79 Å². The smallest absolute Gasteiger partial charge is 0.239 e. The number of methoxy groups -OCH3 is 1. The van der Waals surface area contributed by atoms with Gasteiger partial charge in [0.1, 0.15) is 12.4 Å². The van der Waals surface area contributed by atoms with Crippen LogP contribution in [0.1, 0.15) is 6.42 Å². The molecule has 0 radical (unpaired) electrons. The summed E-state index contributed by atoms with van der Waals surface area (Å²) in [5.74, 6) is 0.115. The lowest BCUT2D eigenvalue weighted by Gasteiger charge is -2.09. The van der Waals surface area contributed by atoms with E-state index in [0.29, 0.717) is 37.6 Å². The number of nitrogens with one attached hydrogen (secondary N) is 2. The van der Waals surface area contributed by atoms with Gasteiger partial charge in [0.15, 0.2) is 0 Å². The molecule has 8 nitrogen and oxygen atoms in total. The Balaban J connectivity index is 2.38. The first-order valence-electron chi connectivity index (χ1n) is 7.16. The van der Waals surface area contributed by atoms with Crippen molar-refractivity contribution in [2.45, 2.75) is 6.42 Å². The molecule has 1 amide bonds. The molecule has 0 spiro atoms. The van der Waals surface area contributed by atoms with Crippen LogP contribution in [0.15, 0.2) is 24.3 Å². The number of nitrogens with two attached hydrogens (primary N) is 1. The summed E-state index contributed by atoms with van der Waals surface area (Å²) < 4.78 is 35.6. The van der Waals surface area contributed by atoms with E-state index in [-0.39, 0.29) is 12.3 Å². The fourth-order valence-electron chi connectivity index (χ4n) is 1.66. The van der Waals surface area contributed by atoms with Crippen LogP contribution in [0.3, 0.4) is 0 Å². The van der Waals surface area contributed by atoms with Gasteiger partial charge in [-0.25, -0.2) is 13.1 Å². The van der Waals surface area contributed by atoms with Crippen molar-refractivity contribution in [2.75, 3.05) is 44.5 Å². The largest absolute Gasteiger partial charge is 0.492 e. The standard InChI is InChI=1S/C14H23N3O5S/c1-21-8-2-10-23(19,20)16-11-14(18)17-12-3-5-13(6-4-12)22-9-7-15/h3-6,16H,2,7-11,15H2,1H3,(H,17,18). The molecule has 1 aromatic carbocycles. The first-order valence-corrected chi connectivity index (χ1v) is 8.81. The summed E-state index contributed by atoms with van der Waals surface area (Å²) in [6, 6.07) is 6.72. The topological polar surface area (TPSA) is 120 Å². The Labute approximate surface area is 136 Å². The molecule has 0 aliphatic rings. The Kier molecular flexibility index (Phi) is 8.56. The number of rotatable bonds is 11. The molecule has 0 heterocycles. The zero-order valence-electron chi connectivity index (χ0n) is 13.1. The molecule has 0 aliphatic carbocycles. The van der Waals surface area contributed by atoms with Gasteiger partial charge in [-0.1, -0.05) is 0 Å². The molecule has 23 heavy (non-hydrogen) atoms. The number of amides is 1. The Morgan fingerprint density at radius 3 is 2.52 bits per heavy atom. The molecule has 1 rings (SSSR count). The third kappa shape index (κ3) is 8.50. The van der Waals surface area contributed by atoms with Crippen molar-refractivity contribution in [1.29, 1.82) is 0 Å². The lowest BCUT2D eigenvalue weighted by atomic mass is 10.3. The molecule has 0 fully saturated rings. The predicted octanol–water partition coefficient (Wildman–Crippen LogP) is -0.0815. The Hall–Kier alpha value is -1.68. The number of carbonyl (C=O) groups is 1. The summed E-state index contributed by atoms with van der Waals surface area (Å²) in [5, 5.41) is 2.59. The number of sulfonamides is 1. The zero-order valence-corrected chi connectivity index (χ0v) is 13.9. The molecule has 0 saturated carbocycles. The van der Waals surface area contributed by atoms with Gasteiger partial charge in [0.25, 0.3) is 0 Å². The highest BCUT2D eigenvalue weighted by atomic mass is 32.2. The van der Waals surface area contributed by atoms with Crippen LogP contribution in [0.25, 0.3) is 0 Å². The lowest BCUT2D eigenvalue weighted by molar-refractivity contribution is -0.115. The van der Waals surface area contributed by atoms with Crippen LogP contribution in [-0.4, -0.2) is 53.5 Å². The van der Waals surface area contributed by atoms with Crippen LogP contribution in [-0.2, 0) is 19.6 Å². The Bertz CT molecular complexity index is 575. The molecule has 0 aliphatic heterocycles. The van der Waals surface area contributed by atoms with Crippen molar-refractivity contribution in [3.8, 4) is 5.75 Å². The highest BCUT2D eigenvalue weighted by Crippen LogP contribution is 2.15. The van der Waals surface area contributed by atoms with E-state index in [2.05, 4.69) is 10.0 Å². The Morgan fingerprint density at radius 1 is 1.22 bits per heavy atom. The van der Waals surface area contributed by atoms with Crippen LogP contribution >= 0.6 is 0 Å². The molecular formula is C14H23N3O5S. The predicted molar refractivity (Wildman–Crippen MR) is 87.9 cm³/mol. The van der Waals surface area contributed by atoms with E-state index < -0.39 is 15.9 Å². The maximum Gasteiger partial charge on any atom is 0.239 e. The average Bonchev–Trinajstić information content (AvgIpc) is 2.53. The number of ether oxygens (including phenoxy) is 2. The number of anilines is 1. The van der Waals surface area contributed by atoms with Crippen molar-refractivity contribution in [2.24, 2.45) is 5.73 Å². The number of hydrogen-bond donors (Lipinski definition) is 3. The number of carbonyl (C=O) groups excluding carboxylic acids is 1. The first kappa shape index (κ1) is 19.4. The highest BCUT2D eigenvalue weighted by molar-refractivity contribution is 7.89. The fourth-order valence-corrected chi connectivity index (χ4v) is 2.65. The third-order valence-electron chi connectivity index (χ3n) is 2.74. The summed E-state index contributed by atoms with van der Waals surface area (Å²) in [7, 11) is -1.98. The van der Waals surface area contributed by atoms with Crippen LogP contribution < -0.4 is 20.5 Å². The SMILES string of the molecule is COCCCS(=O)(=O)NCC(=O)Nc1ccc(OCCN)cc1. The van der Waals surface area contributed by atoms with Gasteiger partial charge < -0.3 is 20.5 Å². The molecule has 0 atom stereocenters. The van der Waals surface area contributed by atoms with E-state index in [0.717, 1.165) is 0 Å². The maximum absolute atomic E-state index is 11.7. The molecular weight excluding hydrogens is 322 g/mol. The van der Waals surface area contributed by atoms with Gasteiger partial charge in [-0.2, -0.15) is 0 Å². The van der Waals surface area contributed by atoms with Crippen molar-refractivity contribution in [3.05, 3.63) is 24.3 Å². The van der Waals surface area contributed by atoms with E-state index >= 15 is 0 Å². The minimum absolute atomic E-state index is 0.0820. The van der Waals surface area contributed by atoms with E-state index in [1.54, 1.807) is 24.3 Å². The highest BCUT2D eigenvalue weighted by Gasteiger charge is 2.12. The Morgan fingerprint density at radius 2 is 1.91 bits per heavy atom. The van der Waals surface area contributed by atoms with E-state index in [1.807, 2.05) is 0 Å². The summed E-state index contributed by atoms with van der Waals surface area (Å²) in [6.07, 6.45) is 0.373. The second-order valence-corrected chi connectivity index (χ2v) is 6.62. The molecule has 0 aromatic heterocycles. The van der Waals surface area contributed by atoms with Gasteiger partial charge >= 0.3 is 0 Å². The monoisotopic (exact) mass is 345 g/mol. The maximum atomic E-state index is 11.7. The van der Waals surface area contributed by atoms with Crippen LogP contribution in [0, 0.1) is 0 Å². The van der Waals surface area contributed by atoms with E-state index in [1.165, 1.54) is 7.11 Å². The van der Waals surface area contributed by atoms with Crippen LogP contribution in [0.2, 0.25) is 0 Å². The minimum atomic E-state index is -3.48. The van der Waals surface area contributed by atoms with Gasteiger partial charge in [-0.05, 0) is 30.7 Å². The van der Waals surface area contributed by atoms with Crippen molar-refractivity contribution < 1.29 is 22.7 Å². The normalized spacial score (nSPS) is 11.2. The fraction of sp³-hybridized carbons (Fsp3) is 0.500. The summed E-state index contributed by atoms with van der Waals surface area (Å²) in [5.41, 5.74) is 5.88. The van der Waals surface area contributed by atoms with Gasteiger partial charge in [0.2, 0.25) is 15.9 Å². The number of hydrogen-bond acceptors (Lipinski definition) is 6. The van der Waals surface area contributed by atoms with Crippen LogP contribution in [0.4, 0.5) is 5.69 Å². The third-order valence-corrected chi connectivity index (χ3v) is 4.15. The van der Waals surface area contributed by atoms with Gasteiger partial charge in [0, 0.05) is 25.9 Å². The van der Waals surface area contributed by atoms with Gasteiger partial charge in [0.05, 0.1) is 12.3 Å². The first-order chi connectivity index (χ1) is 11.0. The summed E-state index contributed by atoms with van der Waals surface area (Å²) in [4.78, 5) is 11.7. The quantitative estimate of drug-likeness (QED) is 0.483. The average molecular weight is 345 g/mol. The zero-order chi connectivity index (χ0) is 17.1. The molecule has 1 aromatic rings. The molecule has 0 saturated heterocycles. The lowest BCUT2D eigenvalue weighted by Crippen LogP contribution is -2.34. The molecule has 0 unspecified atom stereocenters. The summed E-state index contributed by atoms with van der Waals surface area (Å²) >= 11 is 0. The van der Waals surface area contributed by atoms with Crippen LogP contribution in [0.5, 0.6) is 5.75 Å². The minimum Gasteiger partial charge on any atom is -0.492 e. The molecule has 0 bridgehead atoms. The molecule has 9 heteroatoms. The molecule has 130 valence electrons. The van der Waals surface area contributed by atoms with Crippen molar-refractivity contribution >= 4 is 21.6 Å².